The first-order valence-corrected chi connectivity index (χ1v) is 12.2. The lowest BCUT2D eigenvalue weighted by Crippen LogP contribution is -2.47. The molecule has 0 atom stereocenters. The highest BCUT2D eigenvalue weighted by molar-refractivity contribution is 7.13. The number of fused-ring (bicyclic) bond motifs is 1. The van der Waals surface area contributed by atoms with Crippen LogP contribution in [0.25, 0.3) is 10.1 Å². The van der Waals surface area contributed by atoms with E-state index in [-0.39, 0.29) is 5.91 Å². The Kier molecular flexibility index (Phi) is 6.37. The summed E-state index contributed by atoms with van der Waals surface area (Å²) < 4.78 is 5.97. The number of anilines is 2. The molecule has 1 fully saturated rings. The van der Waals surface area contributed by atoms with Crippen molar-refractivity contribution in [2.24, 2.45) is 0 Å². The minimum absolute atomic E-state index is 0.0600. The predicted molar refractivity (Wildman–Crippen MR) is 138 cm³/mol. The number of benzene rings is 3. The lowest BCUT2D eigenvalue weighted by atomic mass is 10.1. The van der Waals surface area contributed by atoms with E-state index >= 15 is 0 Å². The Morgan fingerprint density at radius 3 is 2.61 bits per heavy atom. The minimum atomic E-state index is -0.0600. The number of carbonyl (C=O) groups is 1. The first kappa shape index (κ1) is 21.6. The number of aromatic nitrogens is 1. The van der Waals surface area contributed by atoms with Gasteiger partial charge in [0, 0.05) is 49.4 Å². The van der Waals surface area contributed by atoms with Gasteiger partial charge in [-0.05, 0) is 60.8 Å². The summed E-state index contributed by atoms with van der Waals surface area (Å²) >= 11 is 1.58. The number of nitrogens with one attached hydrogen (secondary N) is 1. The van der Waals surface area contributed by atoms with Crippen molar-refractivity contribution in [3.63, 3.8) is 0 Å². The molecule has 0 aliphatic carbocycles. The molecule has 0 spiro atoms. The molecule has 2 heterocycles. The molecule has 1 aliphatic rings. The molecule has 6 heteroatoms. The molecule has 168 valence electrons. The summed E-state index contributed by atoms with van der Waals surface area (Å²) in [5.41, 5.74) is 3.85. The van der Waals surface area contributed by atoms with Gasteiger partial charge in [-0.3, -0.25) is 9.69 Å². The number of aryl methyl sites for hydroxylation is 1. The van der Waals surface area contributed by atoms with E-state index in [9.17, 15) is 4.79 Å². The van der Waals surface area contributed by atoms with Crippen LogP contribution < -0.4 is 10.2 Å². The van der Waals surface area contributed by atoms with Gasteiger partial charge >= 0.3 is 0 Å². The molecule has 0 radical (unpaired) electrons. The molecule has 5 rings (SSSR count). The van der Waals surface area contributed by atoms with Crippen LogP contribution in [0.5, 0.6) is 0 Å². The minimum Gasteiger partial charge on any atom is -0.353 e. The van der Waals surface area contributed by atoms with Crippen LogP contribution in [0, 0.1) is 6.92 Å². The molecule has 5 nitrogen and oxygen atoms in total. The highest BCUT2D eigenvalue weighted by Gasteiger charge is 2.21. The third-order valence-electron chi connectivity index (χ3n) is 6.27. The Bertz CT molecular complexity index is 1260. The van der Waals surface area contributed by atoms with Crippen molar-refractivity contribution < 1.29 is 4.79 Å². The molecular formula is C27H28N4OS. The van der Waals surface area contributed by atoms with Crippen molar-refractivity contribution >= 4 is 39.0 Å². The van der Waals surface area contributed by atoms with Gasteiger partial charge in [0.2, 0.25) is 0 Å². The van der Waals surface area contributed by atoms with E-state index in [2.05, 4.69) is 45.4 Å². The van der Waals surface area contributed by atoms with E-state index in [0.29, 0.717) is 5.56 Å². The Morgan fingerprint density at radius 2 is 1.76 bits per heavy atom. The van der Waals surface area contributed by atoms with Crippen molar-refractivity contribution in [3.8, 4) is 0 Å². The highest BCUT2D eigenvalue weighted by Crippen LogP contribution is 2.30. The third-order valence-corrected chi connectivity index (χ3v) is 7.09. The van der Waals surface area contributed by atoms with Crippen molar-refractivity contribution in [1.82, 2.24) is 9.27 Å². The van der Waals surface area contributed by atoms with E-state index in [1.54, 1.807) is 11.5 Å². The highest BCUT2D eigenvalue weighted by atomic mass is 32.1. The van der Waals surface area contributed by atoms with Crippen LogP contribution in [0.15, 0.2) is 72.8 Å². The molecule has 4 aromatic rings. The molecule has 1 aromatic heterocycles. The fourth-order valence-corrected chi connectivity index (χ4v) is 5.20. The van der Waals surface area contributed by atoms with Crippen molar-refractivity contribution in [1.29, 1.82) is 0 Å². The zero-order valence-corrected chi connectivity index (χ0v) is 19.6. The zero-order valence-electron chi connectivity index (χ0n) is 18.8. The summed E-state index contributed by atoms with van der Waals surface area (Å²) in [7, 11) is 0. The molecule has 0 bridgehead atoms. The van der Waals surface area contributed by atoms with Crippen LogP contribution in [-0.4, -0.2) is 47.9 Å². The summed E-state index contributed by atoms with van der Waals surface area (Å²) in [5, 5.41) is 4.37. The molecule has 33 heavy (non-hydrogen) atoms. The van der Waals surface area contributed by atoms with Gasteiger partial charge in [0.25, 0.3) is 5.91 Å². The topological polar surface area (TPSA) is 48.5 Å². The van der Waals surface area contributed by atoms with Gasteiger partial charge in [-0.2, -0.15) is 4.37 Å². The Balaban J connectivity index is 1.18. The number of rotatable bonds is 6. The van der Waals surface area contributed by atoms with E-state index in [0.717, 1.165) is 56.2 Å². The van der Waals surface area contributed by atoms with Crippen LogP contribution in [0.2, 0.25) is 0 Å². The Labute approximate surface area is 198 Å². The van der Waals surface area contributed by atoms with Crippen LogP contribution in [0.4, 0.5) is 11.5 Å². The number of piperazine rings is 1. The smallest absolute Gasteiger partial charge is 0.255 e. The number of carbonyl (C=O) groups excluding carboxylic acids is 1. The van der Waals surface area contributed by atoms with E-state index in [1.165, 1.54) is 15.6 Å². The summed E-state index contributed by atoms with van der Waals surface area (Å²) in [6.45, 7) is 6.98. The van der Waals surface area contributed by atoms with Crippen LogP contribution in [0.1, 0.15) is 21.5 Å². The lowest BCUT2D eigenvalue weighted by Gasteiger charge is -2.35. The second-order valence-electron chi connectivity index (χ2n) is 8.56. The van der Waals surface area contributed by atoms with Gasteiger partial charge in [0.15, 0.2) is 0 Å². The van der Waals surface area contributed by atoms with Gasteiger partial charge in [0.1, 0.15) is 5.82 Å². The molecule has 1 aliphatic heterocycles. The molecule has 3 aromatic carbocycles. The third kappa shape index (κ3) is 4.92. The van der Waals surface area contributed by atoms with E-state index < -0.39 is 0 Å². The molecule has 1 N–H and O–H groups in total. The Hall–Kier alpha value is -3.22. The number of hydrogen-bond donors (Lipinski definition) is 1. The fraction of sp³-hybridized carbons (Fsp3) is 0.259. The predicted octanol–water partition coefficient (Wildman–Crippen LogP) is 5.22. The first-order valence-electron chi connectivity index (χ1n) is 11.4. The van der Waals surface area contributed by atoms with Gasteiger partial charge in [-0.15, -0.1) is 0 Å². The van der Waals surface area contributed by atoms with Crippen LogP contribution >= 0.6 is 11.5 Å². The normalized spacial score (nSPS) is 14.5. The molecule has 1 saturated heterocycles. The van der Waals surface area contributed by atoms with E-state index in [4.69, 9.17) is 4.37 Å². The summed E-state index contributed by atoms with van der Waals surface area (Å²) in [6.07, 6.45) is 0.907. The summed E-state index contributed by atoms with van der Waals surface area (Å²) in [5.74, 6) is 1.06. The molecule has 0 unspecified atom stereocenters. The van der Waals surface area contributed by atoms with Gasteiger partial charge in [0.05, 0.1) is 4.70 Å². The summed E-state index contributed by atoms with van der Waals surface area (Å²) in [4.78, 5) is 17.6. The fourth-order valence-electron chi connectivity index (χ4n) is 4.40. The van der Waals surface area contributed by atoms with Crippen molar-refractivity contribution in [2.45, 2.75) is 13.3 Å². The number of amides is 1. The van der Waals surface area contributed by atoms with Crippen LogP contribution in [0.3, 0.4) is 0 Å². The standard InChI is InChI=1S/C27H28N4OS/c1-20-7-6-9-22(19-20)27(32)28-24-11-4-2-8-21(24)13-14-30-15-17-31(18-16-30)26-23-10-3-5-12-25(23)33-29-26/h2-12,19H,13-18H2,1H3,(H,28,32). The maximum absolute atomic E-state index is 12.7. The lowest BCUT2D eigenvalue weighted by molar-refractivity contribution is 0.102. The second-order valence-corrected chi connectivity index (χ2v) is 9.37. The summed E-state index contributed by atoms with van der Waals surface area (Å²) in [6, 6.07) is 24.3. The SMILES string of the molecule is Cc1cccc(C(=O)Nc2ccccc2CCN2CCN(c3nsc4ccccc34)CC2)c1. The average Bonchev–Trinajstić information content (AvgIpc) is 3.28. The molecular weight excluding hydrogens is 428 g/mol. The number of hydrogen-bond acceptors (Lipinski definition) is 5. The second kappa shape index (κ2) is 9.73. The van der Waals surface area contributed by atoms with Crippen LogP contribution in [-0.2, 0) is 6.42 Å². The van der Waals surface area contributed by atoms with Gasteiger partial charge in [-0.1, -0.05) is 48.0 Å². The maximum Gasteiger partial charge on any atom is 0.255 e. The largest absolute Gasteiger partial charge is 0.353 e. The quantitative estimate of drug-likeness (QED) is 0.432. The van der Waals surface area contributed by atoms with E-state index in [1.807, 2.05) is 49.4 Å². The van der Waals surface area contributed by atoms with Crippen molar-refractivity contribution in [3.05, 3.63) is 89.5 Å². The number of nitrogens with zero attached hydrogens (tertiary/aromatic N) is 3. The van der Waals surface area contributed by atoms with Gasteiger partial charge in [-0.25, -0.2) is 0 Å². The van der Waals surface area contributed by atoms with Gasteiger partial charge < -0.3 is 10.2 Å². The maximum atomic E-state index is 12.7. The molecule has 1 amide bonds. The average molecular weight is 457 g/mol. The first-order chi connectivity index (χ1) is 16.2. The zero-order chi connectivity index (χ0) is 22.6. The number of para-hydroxylation sites is 1. The van der Waals surface area contributed by atoms with Crippen molar-refractivity contribution in [2.75, 3.05) is 42.9 Å². The monoisotopic (exact) mass is 456 g/mol. The Morgan fingerprint density at radius 1 is 0.970 bits per heavy atom. The molecule has 0 saturated carbocycles.